The van der Waals surface area contributed by atoms with Gasteiger partial charge >= 0.3 is 6.03 Å². The van der Waals surface area contributed by atoms with E-state index in [1.54, 1.807) is 12.5 Å². The summed E-state index contributed by atoms with van der Waals surface area (Å²) in [6.45, 7) is 5.16. The molecule has 2 aromatic heterocycles. The van der Waals surface area contributed by atoms with Gasteiger partial charge in [-0.15, -0.1) is 0 Å². The SMILES string of the molecule is Cc1ccc(CN(C(=O)N[C@@H](C)Cn2ccnc2)C2CC2)o1. The summed E-state index contributed by atoms with van der Waals surface area (Å²) in [5.74, 6) is 1.71. The molecule has 0 unspecified atom stereocenters. The molecule has 0 aliphatic heterocycles. The summed E-state index contributed by atoms with van der Waals surface area (Å²) in [4.78, 5) is 18.4. The summed E-state index contributed by atoms with van der Waals surface area (Å²) < 4.78 is 7.56. The summed E-state index contributed by atoms with van der Waals surface area (Å²) in [6.07, 6.45) is 7.54. The number of nitrogens with zero attached hydrogens (tertiary/aromatic N) is 3. The van der Waals surface area contributed by atoms with Crippen molar-refractivity contribution in [2.45, 2.75) is 51.9 Å². The second-order valence-corrected chi connectivity index (χ2v) is 5.98. The van der Waals surface area contributed by atoms with Crippen LogP contribution in [0.4, 0.5) is 4.79 Å². The van der Waals surface area contributed by atoms with Gasteiger partial charge in [0.2, 0.25) is 0 Å². The van der Waals surface area contributed by atoms with Gasteiger partial charge in [0.1, 0.15) is 11.5 Å². The van der Waals surface area contributed by atoms with Crippen molar-refractivity contribution >= 4 is 6.03 Å². The molecule has 1 atom stereocenters. The van der Waals surface area contributed by atoms with Gasteiger partial charge in [-0.3, -0.25) is 0 Å². The van der Waals surface area contributed by atoms with Gasteiger partial charge in [-0.1, -0.05) is 0 Å². The van der Waals surface area contributed by atoms with E-state index in [0.29, 0.717) is 19.1 Å². The smallest absolute Gasteiger partial charge is 0.318 e. The molecule has 2 aromatic rings. The Morgan fingerprint density at radius 2 is 2.36 bits per heavy atom. The molecule has 0 spiro atoms. The van der Waals surface area contributed by atoms with E-state index in [1.165, 1.54) is 0 Å². The molecule has 22 heavy (non-hydrogen) atoms. The largest absolute Gasteiger partial charge is 0.464 e. The van der Waals surface area contributed by atoms with Crippen molar-refractivity contribution in [3.63, 3.8) is 0 Å². The number of amides is 2. The molecule has 1 fully saturated rings. The summed E-state index contributed by atoms with van der Waals surface area (Å²) in [6, 6.07) is 4.23. The molecule has 3 rings (SSSR count). The summed E-state index contributed by atoms with van der Waals surface area (Å²) in [5, 5.41) is 3.06. The monoisotopic (exact) mass is 302 g/mol. The van der Waals surface area contributed by atoms with Crippen LogP contribution >= 0.6 is 0 Å². The number of furan rings is 1. The minimum absolute atomic E-state index is 0.0239. The third kappa shape index (κ3) is 3.69. The number of imidazole rings is 1. The van der Waals surface area contributed by atoms with E-state index >= 15 is 0 Å². The Balaban J connectivity index is 1.57. The Kier molecular flexibility index (Phi) is 4.18. The predicted octanol–water partition coefficient (Wildman–Crippen LogP) is 2.55. The first-order valence-corrected chi connectivity index (χ1v) is 7.70. The van der Waals surface area contributed by atoms with Crippen LogP contribution in [0.2, 0.25) is 0 Å². The highest BCUT2D eigenvalue weighted by atomic mass is 16.3. The number of carbonyl (C=O) groups excluding carboxylic acids is 1. The highest BCUT2D eigenvalue weighted by Crippen LogP contribution is 2.28. The molecular weight excluding hydrogens is 280 g/mol. The quantitative estimate of drug-likeness (QED) is 0.892. The molecule has 118 valence electrons. The standard InChI is InChI=1S/C16H22N4O2/c1-12(9-19-8-7-17-11-19)18-16(21)20(14-4-5-14)10-15-6-3-13(2)22-15/h3,6-8,11-12,14H,4-5,9-10H2,1-2H3,(H,18,21)/t12-/m0/s1. The third-order valence-corrected chi connectivity index (χ3v) is 3.78. The van der Waals surface area contributed by atoms with Gasteiger partial charge in [-0.2, -0.15) is 0 Å². The molecule has 1 N–H and O–H groups in total. The van der Waals surface area contributed by atoms with E-state index in [2.05, 4.69) is 10.3 Å². The van der Waals surface area contributed by atoms with E-state index in [1.807, 2.05) is 41.6 Å². The molecule has 0 aromatic carbocycles. The maximum atomic E-state index is 12.5. The second kappa shape index (κ2) is 6.25. The van der Waals surface area contributed by atoms with Crippen molar-refractivity contribution in [2.75, 3.05) is 0 Å². The van der Waals surface area contributed by atoms with Crippen molar-refractivity contribution in [3.05, 3.63) is 42.4 Å². The molecule has 0 saturated heterocycles. The van der Waals surface area contributed by atoms with Gasteiger partial charge in [0.15, 0.2) is 0 Å². The van der Waals surface area contributed by atoms with Crippen molar-refractivity contribution in [1.29, 1.82) is 0 Å². The van der Waals surface area contributed by atoms with E-state index in [9.17, 15) is 4.79 Å². The lowest BCUT2D eigenvalue weighted by molar-refractivity contribution is 0.182. The lowest BCUT2D eigenvalue weighted by Gasteiger charge is -2.24. The molecule has 1 aliphatic rings. The van der Waals surface area contributed by atoms with Crippen LogP contribution in [-0.2, 0) is 13.1 Å². The van der Waals surface area contributed by atoms with Crippen molar-refractivity contribution < 1.29 is 9.21 Å². The summed E-state index contributed by atoms with van der Waals surface area (Å²) in [7, 11) is 0. The fourth-order valence-corrected chi connectivity index (χ4v) is 2.54. The van der Waals surface area contributed by atoms with E-state index in [-0.39, 0.29) is 12.1 Å². The number of aryl methyl sites for hydroxylation is 1. The molecular formula is C16H22N4O2. The molecule has 0 radical (unpaired) electrons. The lowest BCUT2D eigenvalue weighted by atomic mass is 10.3. The van der Waals surface area contributed by atoms with E-state index < -0.39 is 0 Å². The topological polar surface area (TPSA) is 63.3 Å². The number of rotatable bonds is 6. The molecule has 6 nitrogen and oxygen atoms in total. The highest BCUT2D eigenvalue weighted by molar-refractivity contribution is 5.75. The Morgan fingerprint density at radius 3 is 2.95 bits per heavy atom. The number of carbonyl (C=O) groups is 1. The van der Waals surface area contributed by atoms with Crippen LogP contribution < -0.4 is 5.32 Å². The van der Waals surface area contributed by atoms with Gasteiger partial charge in [-0.25, -0.2) is 9.78 Å². The minimum atomic E-state index is -0.0239. The third-order valence-electron chi connectivity index (χ3n) is 3.78. The zero-order valence-electron chi connectivity index (χ0n) is 13.0. The van der Waals surface area contributed by atoms with Crippen molar-refractivity contribution in [1.82, 2.24) is 19.8 Å². The molecule has 0 bridgehead atoms. The Morgan fingerprint density at radius 1 is 1.55 bits per heavy atom. The van der Waals surface area contributed by atoms with Crippen LogP contribution in [0.25, 0.3) is 0 Å². The van der Waals surface area contributed by atoms with Gasteiger partial charge in [0.25, 0.3) is 0 Å². The Bertz CT molecular complexity index is 616. The number of hydrogen-bond acceptors (Lipinski definition) is 3. The van der Waals surface area contributed by atoms with Crippen LogP contribution in [0.3, 0.4) is 0 Å². The van der Waals surface area contributed by atoms with E-state index in [4.69, 9.17) is 4.42 Å². The Hall–Kier alpha value is -2.24. The maximum Gasteiger partial charge on any atom is 0.318 e. The highest BCUT2D eigenvalue weighted by Gasteiger charge is 2.33. The van der Waals surface area contributed by atoms with Gasteiger partial charge in [0.05, 0.1) is 12.9 Å². The van der Waals surface area contributed by atoms with Crippen molar-refractivity contribution in [2.24, 2.45) is 0 Å². The van der Waals surface area contributed by atoms with Crippen LogP contribution in [0.1, 0.15) is 31.3 Å². The second-order valence-electron chi connectivity index (χ2n) is 5.98. The summed E-state index contributed by atoms with van der Waals surface area (Å²) in [5.41, 5.74) is 0. The average molecular weight is 302 g/mol. The molecule has 1 saturated carbocycles. The molecule has 1 aliphatic carbocycles. The predicted molar refractivity (Wildman–Crippen MR) is 82.2 cm³/mol. The number of urea groups is 1. The fraction of sp³-hybridized carbons (Fsp3) is 0.500. The fourth-order valence-electron chi connectivity index (χ4n) is 2.54. The van der Waals surface area contributed by atoms with E-state index in [0.717, 1.165) is 24.4 Å². The summed E-state index contributed by atoms with van der Waals surface area (Å²) >= 11 is 0. The van der Waals surface area contributed by atoms with Gasteiger partial charge in [-0.05, 0) is 38.8 Å². The number of nitrogens with one attached hydrogen (secondary N) is 1. The van der Waals surface area contributed by atoms with Crippen LogP contribution in [0.15, 0.2) is 35.3 Å². The Labute approximate surface area is 130 Å². The zero-order valence-corrected chi connectivity index (χ0v) is 13.0. The average Bonchev–Trinajstić information content (AvgIpc) is 3.02. The van der Waals surface area contributed by atoms with Crippen LogP contribution in [0.5, 0.6) is 0 Å². The first-order chi connectivity index (χ1) is 10.6. The lowest BCUT2D eigenvalue weighted by Crippen LogP contribution is -2.45. The molecule has 6 heteroatoms. The molecule has 2 heterocycles. The van der Waals surface area contributed by atoms with Gasteiger partial charge < -0.3 is 19.2 Å². The number of aromatic nitrogens is 2. The van der Waals surface area contributed by atoms with Gasteiger partial charge in [0, 0.05) is 31.0 Å². The maximum absolute atomic E-state index is 12.5. The molecule has 2 amide bonds. The minimum Gasteiger partial charge on any atom is -0.464 e. The number of hydrogen-bond donors (Lipinski definition) is 1. The van der Waals surface area contributed by atoms with Crippen LogP contribution in [-0.4, -0.2) is 32.6 Å². The van der Waals surface area contributed by atoms with Crippen LogP contribution in [0, 0.1) is 6.92 Å². The first kappa shape index (κ1) is 14.7. The zero-order chi connectivity index (χ0) is 15.5. The normalized spacial score (nSPS) is 15.5. The first-order valence-electron chi connectivity index (χ1n) is 7.70. The van der Waals surface area contributed by atoms with Crippen molar-refractivity contribution in [3.8, 4) is 0 Å².